The molecule has 3 N–H and O–H groups in total. The second kappa shape index (κ2) is 8.01. The van der Waals surface area contributed by atoms with E-state index >= 15 is 0 Å². The van der Waals surface area contributed by atoms with Crippen LogP contribution in [0, 0.1) is 0 Å². The van der Waals surface area contributed by atoms with Gasteiger partial charge in [-0.3, -0.25) is 5.32 Å². The Balaban J connectivity index is 2.09. The molecule has 0 aliphatic carbocycles. The van der Waals surface area contributed by atoms with Crippen molar-refractivity contribution in [1.82, 2.24) is 0 Å². The molecule has 134 valence electrons. The third kappa shape index (κ3) is 5.51. The zero-order valence-corrected chi connectivity index (χ0v) is 15.9. The van der Waals surface area contributed by atoms with Crippen molar-refractivity contribution in [1.29, 1.82) is 0 Å². The van der Waals surface area contributed by atoms with Crippen LogP contribution in [0.4, 0.5) is 21.9 Å². The van der Waals surface area contributed by atoms with Crippen LogP contribution in [0.1, 0.15) is 40.0 Å². The highest BCUT2D eigenvalue weighted by Crippen LogP contribution is 2.31. The fourth-order valence-corrected chi connectivity index (χ4v) is 3.60. The maximum absolute atomic E-state index is 12.0. The van der Waals surface area contributed by atoms with Crippen LogP contribution in [0.3, 0.4) is 0 Å². The lowest BCUT2D eigenvalue weighted by molar-refractivity contribution is 0.0636. The van der Waals surface area contributed by atoms with Crippen molar-refractivity contribution in [3.63, 3.8) is 0 Å². The standard InChI is InChI=1S/C18H29N3O2S/c1-18(2,3)23-17(22)20-13-7-8-15(19)16(12-13)21-10-5-6-14(24-4)9-11-21/h7-8,12,14H,5-6,9-11,19H2,1-4H3,(H,20,22). The van der Waals surface area contributed by atoms with E-state index in [1.165, 1.54) is 6.42 Å². The number of nitrogens with two attached hydrogens (primary N) is 1. The van der Waals surface area contributed by atoms with E-state index < -0.39 is 11.7 Å². The summed E-state index contributed by atoms with van der Waals surface area (Å²) >= 11 is 1.95. The predicted octanol–water partition coefficient (Wildman–Crippen LogP) is 4.34. The first-order chi connectivity index (χ1) is 11.3. The summed E-state index contributed by atoms with van der Waals surface area (Å²) in [6.45, 7) is 7.53. The largest absolute Gasteiger partial charge is 0.444 e. The molecular weight excluding hydrogens is 322 g/mol. The van der Waals surface area contributed by atoms with Crippen LogP contribution in [-0.4, -0.2) is 36.3 Å². The second-order valence-electron chi connectivity index (χ2n) is 7.18. The number of amides is 1. The Bertz CT molecular complexity index is 572. The topological polar surface area (TPSA) is 67.6 Å². The van der Waals surface area contributed by atoms with E-state index in [1.54, 1.807) is 0 Å². The van der Waals surface area contributed by atoms with Gasteiger partial charge in [-0.15, -0.1) is 0 Å². The molecule has 1 aliphatic heterocycles. The van der Waals surface area contributed by atoms with Gasteiger partial charge in [-0.1, -0.05) is 0 Å². The Morgan fingerprint density at radius 3 is 2.75 bits per heavy atom. The summed E-state index contributed by atoms with van der Waals surface area (Å²) in [5, 5.41) is 3.51. The number of hydrogen-bond acceptors (Lipinski definition) is 5. The van der Waals surface area contributed by atoms with Crippen LogP contribution in [0.15, 0.2) is 18.2 Å². The SMILES string of the molecule is CSC1CCCN(c2cc(NC(=O)OC(C)(C)C)ccc2N)CC1. The number of thioether (sulfide) groups is 1. The molecule has 24 heavy (non-hydrogen) atoms. The molecule has 1 unspecified atom stereocenters. The lowest BCUT2D eigenvalue weighted by atomic mass is 10.2. The molecule has 1 fully saturated rings. The number of nitrogen functional groups attached to an aromatic ring is 1. The molecule has 6 heteroatoms. The Morgan fingerprint density at radius 2 is 2.08 bits per heavy atom. The quantitative estimate of drug-likeness (QED) is 0.793. The van der Waals surface area contributed by atoms with Crippen molar-refractivity contribution < 1.29 is 9.53 Å². The molecule has 1 amide bonds. The highest BCUT2D eigenvalue weighted by atomic mass is 32.2. The summed E-state index contributed by atoms with van der Waals surface area (Å²) in [6.07, 6.45) is 5.29. The monoisotopic (exact) mass is 351 g/mol. The van der Waals surface area contributed by atoms with Gasteiger partial charge in [0.1, 0.15) is 5.60 Å². The highest BCUT2D eigenvalue weighted by Gasteiger charge is 2.20. The van der Waals surface area contributed by atoms with Crippen LogP contribution in [0.25, 0.3) is 0 Å². The Labute approximate surface area is 149 Å². The minimum atomic E-state index is -0.516. The van der Waals surface area contributed by atoms with Crippen LogP contribution in [0.2, 0.25) is 0 Å². The van der Waals surface area contributed by atoms with Gasteiger partial charge in [0.2, 0.25) is 0 Å². The van der Waals surface area contributed by atoms with Crippen molar-refractivity contribution in [2.24, 2.45) is 0 Å². The molecule has 1 aliphatic rings. The molecule has 0 radical (unpaired) electrons. The Morgan fingerprint density at radius 1 is 1.33 bits per heavy atom. The summed E-state index contributed by atoms with van der Waals surface area (Å²) in [5.41, 5.74) is 8.11. The fraction of sp³-hybridized carbons (Fsp3) is 0.611. The number of nitrogens with zero attached hydrogens (tertiary/aromatic N) is 1. The number of ether oxygens (including phenoxy) is 1. The molecule has 1 aromatic rings. The Kier molecular flexibility index (Phi) is 6.27. The number of carbonyl (C=O) groups is 1. The van der Waals surface area contributed by atoms with Crippen LogP contribution >= 0.6 is 11.8 Å². The van der Waals surface area contributed by atoms with E-state index in [9.17, 15) is 4.79 Å². The summed E-state index contributed by atoms with van der Waals surface area (Å²) in [5.74, 6) is 0. The molecule has 1 aromatic carbocycles. The zero-order chi connectivity index (χ0) is 17.7. The van der Waals surface area contributed by atoms with Gasteiger partial charge in [0.05, 0.1) is 11.4 Å². The summed E-state index contributed by atoms with van der Waals surface area (Å²) in [4.78, 5) is 14.3. The van der Waals surface area contributed by atoms with Gasteiger partial charge in [0.25, 0.3) is 0 Å². The summed E-state index contributed by atoms with van der Waals surface area (Å²) in [7, 11) is 0. The Hall–Kier alpha value is -1.56. The van der Waals surface area contributed by atoms with E-state index in [-0.39, 0.29) is 0 Å². The normalized spacial score (nSPS) is 18.8. The fourth-order valence-electron chi connectivity index (χ4n) is 2.86. The number of hydrogen-bond donors (Lipinski definition) is 2. The van der Waals surface area contributed by atoms with Gasteiger partial charge >= 0.3 is 6.09 Å². The van der Waals surface area contributed by atoms with E-state index in [0.717, 1.165) is 42.6 Å². The third-order valence-electron chi connectivity index (χ3n) is 4.02. The van der Waals surface area contributed by atoms with Crippen LogP contribution < -0.4 is 16.0 Å². The molecule has 5 nitrogen and oxygen atoms in total. The van der Waals surface area contributed by atoms with E-state index in [1.807, 2.05) is 50.7 Å². The summed E-state index contributed by atoms with van der Waals surface area (Å²) < 4.78 is 5.31. The van der Waals surface area contributed by atoms with Gasteiger partial charge in [0.15, 0.2) is 0 Å². The first-order valence-electron chi connectivity index (χ1n) is 8.46. The van der Waals surface area contributed by atoms with Crippen LogP contribution in [-0.2, 0) is 4.74 Å². The van der Waals surface area contributed by atoms with Crippen molar-refractivity contribution in [3.8, 4) is 0 Å². The number of nitrogens with one attached hydrogen (secondary N) is 1. The number of rotatable bonds is 3. The van der Waals surface area contributed by atoms with Gasteiger partial charge in [0, 0.05) is 24.0 Å². The average molecular weight is 352 g/mol. The smallest absolute Gasteiger partial charge is 0.412 e. The lowest BCUT2D eigenvalue weighted by Gasteiger charge is -2.25. The van der Waals surface area contributed by atoms with Crippen molar-refractivity contribution in [2.75, 3.05) is 35.3 Å². The molecular formula is C18H29N3O2S. The van der Waals surface area contributed by atoms with Gasteiger partial charge in [-0.25, -0.2) is 4.79 Å². The summed E-state index contributed by atoms with van der Waals surface area (Å²) in [6, 6.07) is 5.60. The van der Waals surface area contributed by atoms with Crippen molar-refractivity contribution in [3.05, 3.63) is 18.2 Å². The van der Waals surface area contributed by atoms with Gasteiger partial charge < -0.3 is 15.4 Å². The third-order valence-corrected chi connectivity index (χ3v) is 5.16. The predicted molar refractivity (Wildman–Crippen MR) is 104 cm³/mol. The van der Waals surface area contributed by atoms with Crippen molar-refractivity contribution >= 4 is 34.9 Å². The minimum absolute atomic E-state index is 0.448. The molecule has 0 saturated carbocycles. The minimum Gasteiger partial charge on any atom is -0.444 e. The molecule has 2 rings (SSSR count). The molecule has 0 spiro atoms. The zero-order valence-electron chi connectivity index (χ0n) is 15.1. The maximum atomic E-state index is 12.0. The van der Waals surface area contributed by atoms with E-state index in [2.05, 4.69) is 16.5 Å². The molecule has 1 atom stereocenters. The maximum Gasteiger partial charge on any atom is 0.412 e. The lowest BCUT2D eigenvalue weighted by Crippen LogP contribution is -2.28. The molecule has 1 heterocycles. The van der Waals surface area contributed by atoms with Gasteiger partial charge in [-0.2, -0.15) is 11.8 Å². The van der Waals surface area contributed by atoms with E-state index in [0.29, 0.717) is 5.69 Å². The molecule has 1 saturated heterocycles. The molecule has 0 aromatic heterocycles. The number of benzene rings is 1. The van der Waals surface area contributed by atoms with Crippen LogP contribution in [0.5, 0.6) is 0 Å². The number of carbonyl (C=O) groups excluding carboxylic acids is 1. The first-order valence-corrected chi connectivity index (χ1v) is 9.74. The van der Waals surface area contributed by atoms with Gasteiger partial charge in [-0.05, 0) is 64.5 Å². The second-order valence-corrected chi connectivity index (χ2v) is 8.31. The molecule has 0 bridgehead atoms. The number of anilines is 3. The average Bonchev–Trinajstić information content (AvgIpc) is 2.72. The van der Waals surface area contributed by atoms with E-state index in [4.69, 9.17) is 10.5 Å². The highest BCUT2D eigenvalue weighted by molar-refractivity contribution is 7.99. The van der Waals surface area contributed by atoms with Crippen molar-refractivity contribution in [2.45, 2.75) is 50.9 Å². The first kappa shape index (κ1) is 18.8.